The minimum atomic E-state index is 0.141. The summed E-state index contributed by atoms with van der Waals surface area (Å²) >= 11 is 7.45. The number of hydrogen-bond donors (Lipinski definition) is 0. The SMILES string of the molecule is CCn1c(SCC(=O)N2CCN(Cc3nc(-c4ccc(Cl)cc4)no3)CC2)nc2ccccc21. The number of carbonyl (C=O) groups is 1. The highest BCUT2D eigenvalue weighted by atomic mass is 35.5. The Bertz CT molecular complexity index is 1280. The first-order valence-corrected chi connectivity index (χ1v) is 12.6. The molecule has 0 radical (unpaired) electrons. The number of benzene rings is 2. The van der Waals surface area contributed by atoms with E-state index in [0.29, 0.717) is 42.1 Å². The van der Waals surface area contributed by atoms with Gasteiger partial charge in [0.1, 0.15) is 0 Å². The molecule has 1 fully saturated rings. The Hall–Kier alpha value is -2.88. The van der Waals surface area contributed by atoms with Crippen molar-refractivity contribution in [3.63, 3.8) is 0 Å². The van der Waals surface area contributed by atoms with E-state index < -0.39 is 0 Å². The summed E-state index contributed by atoms with van der Waals surface area (Å²) in [4.78, 5) is 26.2. The maximum Gasteiger partial charge on any atom is 0.241 e. The van der Waals surface area contributed by atoms with Crippen molar-refractivity contribution < 1.29 is 9.32 Å². The van der Waals surface area contributed by atoms with Crippen molar-refractivity contribution in [2.24, 2.45) is 0 Å². The molecule has 10 heteroatoms. The summed E-state index contributed by atoms with van der Waals surface area (Å²) in [7, 11) is 0. The molecule has 2 aromatic heterocycles. The Morgan fingerprint density at radius 3 is 2.59 bits per heavy atom. The largest absolute Gasteiger partial charge is 0.339 e. The van der Waals surface area contributed by atoms with Gasteiger partial charge >= 0.3 is 0 Å². The van der Waals surface area contributed by atoms with Gasteiger partial charge in [-0.2, -0.15) is 4.98 Å². The predicted octanol–water partition coefficient (Wildman–Crippen LogP) is 4.20. The first-order chi connectivity index (χ1) is 16.6. The fraction of sp³-hybridized carbons (Fsp3) is 0.333. The first kappa shape index (κ1) is 22.9. The van der Waals surface area contributed by atoms with Gasteiger partial charge in [-0.05, 0) is 43.3 Å². The zero-order chi connectivity index (χ0) is 23.5. The number of carbonyl (C=O) groups excluding carboxylic acids is 1. The molecule has 8 nitrogen and oxygen atoms in total. The summed E-state index contributed by atoms with van der Waals surface area (Å²) in [5.74, 6) is 1.65. The highest BCUT2D eigenvalue weighted by Gasteiger charge is 2.23. The van der Waals surface area contributed by atoms with Crippen molar-refractivity contribution >= 4 is 40.3 Å². The van der Waals surface area contributed by atoms with E-state index in [1.54, 1.807) is 12.1 Å². The lowest BCUT2D eigenvalue weighted by Crippen LogP contribution is -2.48. The van der Waals surface area contributed by atoms with Crippen molar-refractivity contribution in [1.29, 1.82) is 0 Å². The zero-order valence-electron chi connectivity index (χ0n) is 18.9. The molecule has 0 unspecified atom stereocenters. The van der Waals surface area contributed by atoms with Gasteiger partial charge in [0.2, 0.25) is 17.6 Å². The van der Waals surface area contributed by atoms with Crippen LogP contribution in [-0.2, 0) is 17.9 Å². The second-order valence-corrected chi connectivity index (χ2v) is 9.47. The van der Waals surface area contributed by atoms with E-state index >= 15 is 0 Å². The summed E-state index contributed by atoms with van der Waals surface area (Å²) in [5, 5.41) is 5.64. The van der Waals surface area contributed by atoms with Gasteiger partial charge in [-0.3, -0.25) is 9.69 Å². The van der Waals surface area contributed by atoms with E-state index in [2.05, 4.69) is 32.6 Å². The van der Waals surface area contributed by atoms with Gasteiger partial charge in [0.25, 0.3) is 0 Å². The number of para-hydroxylation sites is 2. The molecular weight excluding hydrogens is 472 g/mol. The van der Waals surface area contributed by atoms with Crippen LogP contribution in [0.2, 0.25) is 5.02 Å². The molecule has 0 saturated carbocycles. The van der Waals surface area contributed by atoms with Crippen molar-refractivity contribution in [3.05, 3.63) is 59.4 Å². The smallest absolute Gasteiger partial charge is 0.241 e. The second-order valence-electron chi connectivity index (χ2n) is 8.09. The normalized spacial score (nSPS) is 14.7. The van der Waals surface area contributed by atoms with Crippen LogP contribution in [0.5, 0.6) is 0 Å². The van der Waals surface area contributed by atoms with Crippen LogP contribution >= 0.6 is 23.4 Å². The van der Waals surface area contributed by atoms with E-state index in [9.17, 15) is 4.79 Å². The number of aryl methyl sites for hydroxylation is 1. The molecular formula is C24H25ClN6O2S. The number of piperazine rings is 1. The number of imidazole rings is 1. The maximum absolute atomic E-state index is 12.8. The zero-order valence-corrected chi connectivity index (χ0v) is 20.4. The Morgan fingerprint density at radius 1 is 1.06 bits per heavy atom. The average molecular weight is 497 g/mol. The lowest BCUT2D eigenvalue weighted by atomic mass is 10.2. The molecule has 0 bridgehead atoms. The second kappa shape index (κ2) is 10.2. The standard InChI is InChI=1S/C24H25ClN6O2S/c1-2-31-20-6-4-3-5-19(20)26-24(31)34-16-22(32)30-13-11-29(12-14-30)15-21-27-23(28-33-21)17-7-9-18(25)10-8-17/h3-10H,2,11-16H2,1H3. The average Bonchev–Trinajstić information content (AvgIpc) is 3.47. The van der Waals surface area contributed by atoms with Crippen LogP contribution in [0, 0.1) is 0 Å². The molecule has 4 aromatic rings. The number of hydrogen-bond acceptors (Lipinski definition) is 7. The third-order valence-electron chi connectivity index (χ3n) is 5.91. The lowest BCUT2D eigenvalue weighted by molar-refractivity contribution is -0.130. The van der Waals surface area contributed by atoms with Crippen molar-refractivity contribution in [1.82, 2.24) is 29.5 Å². The van der Waals surface area contributed by atoms with Gasteiger partial charge in [0.05, 0.1) is 23.3 Å². The van der Waals surface area contributed by atoms with Gasteiger partial charge in [0, 0.05) is 43.3 Å². The topological polar surface area (TPSA) is 80.3 Å². The maximum atomic E-state index is 12.8. The molecule has 1 amide bonds. The summed E-state index contributed by atoms with van der Waals surface area (Å²) < 4.78 is 7.59. The fourth-order valence-corrected chi connectivity index (χ4v) is 5.18. The molecule has 1 aliphatic rings. The molecule has 0 spiro atoms. The van der Waals surface area contributed by atoms with Crippen LogP contribution in [0.1, 0.15) is 12.8 Å². The number of rotatable bonds is 7. The number of fused-ring (bicyclic) bond motifs is 1. The van der Waals surface area contributed by atoms with Crippen LogP contribution in [0.4, 0.5) is 0 Å². The minimum absolute atomic E-state index is 0.141. The quantitative estimate of drug-likeness (QED) is 0.355. The van der Waals surface area contributed by atoms with Crippen molar-refractivity contribution in [2.75, 3.05) is 31.9 Å². The van der Waals surface area contributed by atoms with Crippen LogP contribution in [0.25, 0.3) is 22.4 Å². The Morgan fingerprint density at radius 2 is 1.82 bits per heavy atom. The molecule has 5 rings (SSSR count). The van der Waals surface area contributed by atoms with Crippen LogP contribution in [-0.4, -0.2) is 67.3 Å². The van der Waals surface area contributed by atoms with E-state index in [1.807, 2.05) is 35.2 Å². The first-order valence-electron chi connectivity index (χ1n) is 11.3. The van der Waals surface area contributed by atoms with Gasteiger partial charge in [-0.1, -0.05) is 40.7 Å². The summed E-state index contributed by atoms with van der Waals surface area (Å²) in [6.07, 6.45) is 0. The number of amides is 1. The van der Waals surface area contributed by atoms with E-state index in [0.717, 1.165) is 41.4 Å². The minimum Gasteiger partial charge on any atom is -0.339 e. The predicted molar refractivity (Wildman–Crippen MR) is 133 cm³/mol. The Labute approximate surface area is 206 Å². The molecule has 3 heterocycles. The van der Waals surface area contributed by atoms with Gasteiger partial charge < -0.3 is 14.0 Å². The third kappa shape index (κ3) is 4.96. The summed E-state index contributed by atoms with van der Waals surface area (Å²) in [6.45, 7) is 6.39. The molecule has 2 aromatic carbocycles. The number of halogens is 1. The van der Waals surface area contributed by atoms with Gasteiger partial charge in [0.15, 0.2) is 5.16 Å². The molecule has 1 saturated heterocycles. The highest BCUT2D eigenvalue weighted by Crippen LogP contribution is 2.24. The van der Waals surface area contributed by atoms with E-state index in [1.165, 1.54) is 11.8 Å². The number of thioether (sulfide) groups is 1. The molecule has 176 valence electrons. The molecule has 1 aliphatic heterocycles. The number of nitrogens with zero attached hydrogens (tertiary/aromatic N) is 6. The van der Waals surface area contributed by atoms with Gasteiger partial charge in [-0.25, -0.2) is 4.98 Å². The lowest BCUT2D eigenvalue weighted by Gasteiger charge is -2.33. The fourth-order valence-electron chi connectivity index (χ4n) is 4.07. The van der Waals surface area contributed by atoms with Crippen LogP contribution in [0.15, 0.2) is 58.2 Å². The van der Waals surface area contributed by atoms with Crippen LogP contribution < -0.4 is 0 Å². The van der Waals surface area contributed by atoms with Crippen LogP contribution in [0.3, 0.4) is 0 Å². The third-order valence-corrected chi connectivity index (χ3v) is 7.13. The van der Waals surface area contributed by atoms with E-state index in [4.69, 9.17) is 21.1 Å². The molecule has 34 heavy (non-hydrogen) atoms. The van der Waals surface area contributed by atoms with Crippen molar-refractivity contribution in [2.45, 2.75) is 25.2 Å². The molecule has 0 atom stereocenters. The monoisotopic (exact) mass is 496 g/mol. The van der Waals surface area contributed by atoms with Crippen molar-refractivity contribution in [3.8, 4) is 11.4 Å². The summed E-state index contributed by atoms with van der Waals surface area (Å²) in [5.41, 5.74) is 2.94. The van der Waals surface area contributed by atoms with E-state index in [-0.39, 0.29) is 5.91 Å². The molecule has 0 N–H and O–H groups in total. The summed E-state index contributed by atoms with van der Waals surface area (Å²) in [6, 6.07) is 15.4. The Kier molecular flexibility index (Phi) is 6.85. The highest BCUT2D eigenvalue weighted by molar-refractivity contribution is 7.99. The molecule has 0 aliphatic carbocycles. The number of aromatic nitrogens is 4. The van der Waals surface area contributed by atoms with Gasteiger partial charge in [-0.15, -0.1) is 0 Å². The Balaban J connectivity index is 1.12.